The van der Waals surface area contributed by atoms with Crippen LogP contribution in [0, 0.1) is 0 Å². The fourth-order valence-corrected chi connectivity index (χ4v) is 1.43. The van der Waals surface area contributed by atoms with Crippen molar-refractivity contribution < 1.29 is 4.79 Å². The highest BCUT2D eigenvalue weighted by atomic mass is 16.2. The van der Waals surface area contributed by atoms with Crippen LogP contribution in [0.5, 0.6) is 0 Å². The fourth-order valence-electron chi connectivity index (χ4n) is 1.43. The van der Waals surface area contributed by atoms with E-state index in [0.29, 0.717) is 5.56 Å². The van der Waals surface area contributed by atoms with Gasteiger partial charge in [-0.1, -0.05) is 30.3 Å². The van der Waals surface area contributed by atoms with E-state index in [2.05, 4.69) is 15.5 Å². The van der Waals surface area contributed by atoms with Crippen LogP contribution in [0.3, 0.4) is 0 Å². The molecule has 6 nitrogen and oxygen atoms in total. The van der Waals surface area contributed by atoms with Crippen molar-refractivity contribution in [3.8, 4) is 0 Å². The number of carbonyl (C=O) groups is 1. The summed E-state index contributed by atoms with van der Waals surface area (Å²) in [4.78, 5) is 22.6. The van der Waals surface area contributed by atoms with Gasteiger partial charge in [-0.15, -0.1) is 0 Å². The van der Waals surface area contributed by atoms with Gasteiger partial charge in [0.25, 0.3) is 5.56 Å². The Kier molecular flexibility index (Phi) is 3.49. The summed E-state index contributed by atoms with van der Waals surface area (Å²) in [6.07, 6.45) is 0. The van der Waals surface area contributed by atoms with Gasteiger partial charge in [0, 0.05) is 6.07 Å². The van der Waals surface area contributed by atoms with Crippen molar-refractivity contribution in [2.75, 3.05) is 5.32 Å². The van der Waals surface area contributed by atoms with Crippen LogP contribution in [-0.4, -0.2) is 16.1 Å². The van der Waals surface area contributed by atoms with Gasteiger partial charge in [0.2, 0.25) is 5.91 Å². The number of nitrogens with two attached hydrogens (primary N) is 1. The molecule has 1 aromatic heterocycles. The normalized spacial score (nSPS) is 11.8. The van der Waals surface area contributed by atoms with E-state index in [1.54, 1.807) is 24.3 Å². The molecule has 1 atom stereocenters. The SMILES string of the molecule is N[C@H](C(=O)Nc1ccc(=O)[nH]n1)c1ccccc1. The number of amides is 1. The molecule has 2 rings (SSSR count). The number of benzene rings is 1. The van der Waals surface area contributed by atoms with Crippen molar-refractivity contribution in [3.63, 3.8) is 0 Å². The van der Waals surface area contributed by atoms with Crippen molar-refractivity contribution in [1.29, 1.82) is 0 Å². The van der Waals surface area contributed by atoms with E-state index in [0.717, 1.165) is 0 Å². The molecule has 0 fully saturated rings. The highest BCUT2D eigenvalue weighted by molar-refractivity contribution is 5.94. The minimum atomic E-state index is -0.778. The molecule has 2 aromatic rings. The molecule has 18 heavy (non-hydrogen) atoms. The number of hydrogen-bond acceptors (Lipinski definition) is 4. The zero-order valence-electron chi connectivity index (χ0n) is 9.46. The molecule has 0 aliphatic heterocycles. The second-order valence-corrected chi connectivity index (χ2v) is 3.68. The third-order valence-corrected chi connectivity index (χ3v) is 2.37. The number of aromatic amines is 1. The topological polar surface area (TPSA) is 101 Å². The van der Waals surface area contributed by atoms with Gasteiger partial charge in [-0.3, -0.25) is 9.59 Å². The van der Waals surface area contributed by atoms with E-state index in [-0.39, 0.29) is 17.3 Å². The number of carbonyl (C=O) groups excluding carboxylic acids is 1. The molecule has 1 amide bonds. The lowest BCUT2D eigenvalue weighted by Gasteiger charge is -2.11. The van der Waals surface area contributed by atoms with Gasteiger partial charge in [0.05, 0.1) is 0 Å². The predicted molar refractivity (Wildman–Crippen MR) is 66.9 cm³/mol. The zero-order chi connectivity index (χ0) is 13.0. The van der Waals surface area contributed by atoms with Crippen LogP contribution in [0.2, 0.25) is 0 Å². The minimum absolute atomic E-state index is 0.256. The van der Waals surface area contributed by atoms with Crippen LogP contribution in [-0.2, 0) is 4.79 Å². The molecular weight excluding hydrogens is 232 g/mol. The second-order valence-electron chi connectivity index (χ2n) is 3.68. The molecule has 6 heteroatoms. The summed E-state index contributed by atoms with van der Waals surface area (Å²) < 4.78 is 0. The highest BCUT2D eigenvalue weighted by Gasteiger charge is 2.15. The van der Waals surface area contributed by atoms with Crippen LogP contribution < -0.4 is 16.6 Å². The van der Waals surface area contributed by atoms with Crippen LogP contribution >= 0.6 is 0 Å². The first-order valence-electron chi connectivity index (χ1n) is 5.34. The predicted octanol–water partition coefficient (Wildman–Crippen LogP) is 0.408. The summed E-state index contributed by atoms with van der Waals surface area (Å²) >= 11 is 0. The maximum Gasteiger partial charge on any atom is 0.264 e. The summed E-state index contributed by atoms with van der Waals surface area (Å²) in [7, 11) is 0. The van der Waals surface area contributed by atoms with Gasteiger partial charge in [-0.05, 0) is 11.6 Å². The molecule has 1 heterocycles. The van der Waals surface area contributed by atoms with Crippen molar-refractivity contribution in [3.05, 3.63) is 58.4 Å². The molecule has 0 spiro atoms. The Balaban J connectivity index is 2.08. The van der Waals surface area contributed by atoms with Crippen molar-refractivity contribution in [2.24, 2.45) is 5.73 Å². The molecule has 0 bridgehead atoms. The molecule has 0 saturated carbocycles. The van der Waals surface area contributed by atoms with E-state index in [9.17, 15) is 9.59 Å². The van der Waals surface area contributed by atoms with Crippen LogP contribution in [0.25, 0.3) is 0 Å². The molecule has 92 valence electrons. The lowest BCUT2D eigenvalue weighted by atomic mass is 10.1. The molecule has 0 aliphatic rings. The first kappa shape index (κ1) is 12.0. The van der Waals surface area contributed by atoms with Gasteiger partial charge in [-0.25, -0.2) is 5.10 Å². The second kappa shape index (κ2) is 5.24. The average Bonchev–Trinajstić information content (AvgIpc) is 2.41. The monoisotopic (exact) mass is 244 g/mol. The number of nitrogens with one attached hydrogen (secondary N) is 2. The molecular formula is C12H12N4O2. The Hall–Kier alpha value is -2.47. The van der Waals surface area contributed by atoms with Crippen LogP contribution in [0.4, 0.5) is 5.82 Å². The summed E-state index contributed by atoms with van der Waals surface area (Å²) in [6, 6.07) is 10.9. The molecule has 0 radical (unpaired) electrons. The summed E-state index contributed by atoms with van der Waals surface area (Å²) in [6.45, 7) is 0. The molecule has 0 unspecified atom stereocenters. The van der Waals surface area contributed by atoms with E-state index >= 15 is 0 Å². The average molecular weight is 244 g/mol. The van der Waals surface area contributed by atoms with E-state index in [1.165, 1.54) is 12.1 Å². The van der Waals surface area contributed by atoms with Gasteiger partial charge in [0.15, 0.2) is 5.82 Å². The third-order valence-electron chi connectivity index (χ3n) is 2.37. The summed E-state index contributed by atoms with van der Waals surface area (Å²) in [5, 5.41) is 8.41. The summed E-state index contributed by atoms with van der Waals surface area (Å²) in [5.41, 5.74) is 6.18. The van der Waals surface area contributed by atoms with Crippen LogP contribution in [0.1, 0.15) is 11.6 Å². The lowest BCUT2D eigenvalue weighted by Crippen LogP contribution is -2.28. The largest absolute Gasteiger partial charge is 0.316 e. The Labute approximate surface area is 103 Å². The Morgan fingerprint density at radius 2 is 1.94 bits per heavy atom. The number of hydrogen-bond donors (Lipinski definition) is 3. The lowest BCUT2D eigenvalue weighted by molar-refractivity contribution is -0.117. The Bertz CT molecular complexity index is 574. The maximum absolute atomic E-state index is 11.8. The fraction of sp³-hybridized carbons (Fsp3) is 0.0833. The number of nitrogens with zero attached hydrogens (tertiary/aromatic N) is 1. The van der Waals surface area contributed by atoms with Gasteiger partial charge in [-0.2, -0.15) is 5.10 Å². The molecule has 0 aliphatic carbocycles. The van der Waals surface area contributed by atoms with E-state index < -0.39 is 6.04 Å². The minimum Gasteiger partial charge on any atom is -0.316 e. The Morgan fingerprint density at radius 1 is 1.22 bits per heavy atom. The molecule has 0 saturated heterocycles. The van der Waals surface area contributed by atoms with Crippen LogP contribution in [0.15, 0.2) is 47.3 Å². The third kappa shape index (κ3) is 2.80. The zero-order valence-corrected chi connectivity index (χ0v) is 9.46. The number of H-pyrrole nitrogens is 1. The number of anilines is 1. The molecule has 4 N–H and O–H groups in total. The maximum atomic E-state index is 11.8. The van der Waals surface area contributed by atoms with Gasteiger partial charge < -0.3 is 11.1 Å². The quantitative estimate of drug-likeness (QED) is 0.727. The first-order valence-corrected chi connectivity index (χ1v) is 5.34. The van der Waals surface area contributed by atoms with Crippen molar-refractivity contribution >= 4 is 11.7 Å². The van der Waals surface area contributed by atoms with Crippen molar-refractivity contribution in [2.45, 2.75) is 6.04 Å². The smallest absolute Gasteiger partial charge is 0.264 e. The van der Waals surface area contributed by atoms with E-state index in [1.807, 2.05) is 6.07 Å². The van der Waals surface area contributed by atoms with Gasteiger partial charge >= 0.3 is 0 Å². The number of rotatable bonds is 3. The van der Waals surface area contributed by atoms with Crippen molar-refractivity contribution in [1.82, 2.24) is 10.2 Å². The first-order chi connectivity index (χ1) is 8.66. The van der Waals surface area contributed by atoms with E-state index in [4.69, 9.17) is 5.73 Å². The number of aromatic nitrogens is 2. The highest BCUT2D eigenvalue weighted by Crippen LogP contribution is 2.11. The molecule has 1 aromatic carbocycles. The summed E-state index contributed by atoms with van der Waals surface area (Å²) in [5.74, 6) is -0.133. The van der Waals surface area contributed by atoms with Gasteiger partial charge in [0.1, 0.15) is 6.04 Å². The standard InChI is InChI=1S/C12H12N4O2/c13-11(8-4-2-1-3-5-8)12(18)14-9-6-7-10(17)16-15-9/h1-7,11H,13H2,(H,16,17)(H,14,15,18)/t11-/m0/s1. The Morgan fingerprint density at radius 3 is 2.56 bits per heavy atom.